The number of carbonyl (C=O) groups excluding carboxylic acids is 2. The normalized spacial score (nSPS) is 11.5. The Labute approximate surface area is 178 Å². The van der Waals surface area contributed by atoms with E-state index in [1.807, 2.05) is 39.8 Å². The second-order valence-corrected chi connectivity index (χ2v) is 8.18. The van der Waals surface area contributed by atoms with Crippen LogP contribution in [-0.2, 0) is 16.1 Å². The Bertz CT molecular complexity index is 989. The minimum atomic E-state index is -0.467. The van der Waals surface area contributed by atoms with Gasteiger partial charge in [0.25, 0.3) is 5.91 Å². The molecule has 0 radical (unpaired) electrons. The van der Waals surface area contributed by atoms with E-state index in [2.05, 4.69) is 29.0 Å². The number of benzene rings is 1. The largest absolute Gasteiger partial charge is 0.348 e. The minimum absolute atomic E-state index is 0.0389. The number of anilines is 2. The van der Waals surface area contributed by atoms with Crippen molar-refractivity contribution in [3.05, 3.63) is 52.9 Å². The molecule has 0 aliphatic rings. The smallest absolute Gasteiger partial charge is 0.266 e. The average Bonchev–Trinajstić information content (AvgIpc) is 2.94. The predicted octanol–water partition coefficient (Wildman–Crippen LogP) is 4.90. The molecule has 6 heteroatoms. The van der Waals surface area contributed by atoms with E-state index in [1.54, 1.807) is 30.3 Å². The van der Waals surface area contributed by atoms with E-state index >= 15 is 0 Å². The molecule has 2 aromatic rings. The van der Waals surface area contributed by atoms with Gasteiger partial charge >= 0.3 is 0 Å². The second-order valence-electron chi connectivity index (χ2n) is 8.18. The number of aromatic nitrogens is 1. The third-order valence-electron chi connectivity index (χ3n) is 4.76. The summed E-state index contributed by atoms with van der Waals surface area (Å²) in [4.78, 5) is 24.4. The van der Waals surface area contributed by atoms with E-state index in [4.69, 9.17) is 0 Å². The van der Waals surface area contributed by atoms with Gasteiger partial charge in [0.15, 0.2) is 0 Å². The van der Waals surface area contributed by atoms with Gasteiger partial charge in [-0.25, -0.2) is 0 Å². The summed E-state index contributed by atoms with van der Waals surface area (Å²) < 4.78 is 2.20. The molecule has 2 N–H and O–H groups in total. The molecule has 30 heavy (non-hydrogen) atoms. The first-order valence-corrected chi connectivity index (χ1v) is 10.1. The number of hydrogen-bond acceptors (Lipinski definition) is 3. The van der Waals surface area contributed by atoms with Gasteiger partial charge in [-0.2, -0.15) is 5.26 Å². The number of aryl methyl sites for hydroxylation is 1. The molecule has 0 aliphatic heterocycles. The van der Waals surface area contributed by atoms with Crippen LogP contribution in [0.2, 0.25) is 0 Å². The van der Waals surface area contributed by atoms with E-state index in [1.165, 1.54) is 0 Å². The highest BCUT2D eigenvalue weighted by Gasteiger charge is 2.14. The van der Waals surface area contributed by atoms with Crippen LogP contribution in [0.15, 0.2) is 35.9 Å². The fourth-order valence-electron chi connectivity index (χ4n) is 3.05. The van der Waals surface area contributed by atoms with Crippen LogP contribution in [0.5, 0.6) is 0 Å². The van der Waals surface area contributed by atoms with Crippen molar-refractivity contribution >= 4 is 29.3 Å². The van der Waals surface area contributed by atoms with Crippen molar-refractivity contribution in [3.63, 3.8) is 0 Å². The number of nitrogens with one attached hydrogen (secondary N) is 2. The molecule has 0 aliphatic carbocycles. The van der Waals surface area contributed by atoms with Gasteiger partial charge in [0, 0.05) is 35.2 Å². The summed E-state index contributed by atoms with van der Waals surface area (Å²) in [5.74, 6) is -0.157. The van der Waals surface area contributed by atoms with Crippen LogP contribution in [0, 0.1) is 37.0 Å². The Morgan fingerprint density at radius 1 is 1.07 bits per heavy atom. The summed E-state index contributed by atoms with van der Waals surface area (Å²) in [6.07, 6.45) is 1.63. The van der Waals surface area contributed by atoms with Crippen LogP contribution in [0.4, 0.5) is 11.4 Å². The highest BCUT2D eigenvalue weighted by atomic mass is 16.2. The maximum atomic E-state index is 12.6. The standard InChI is InChI=1S/C24H30N4O2/c1-15(2)14-28-17(5)11-19(18(28)6)12-20(13-25)24(30)27-22-9-7-21(8-10-22)26-23(29)16(3)4/h7-12,15-16H,14H2,1-6H3,(H,26,29)(H,27,30)/b20-12+. The molecule has 0 spiro atoms. The number of nitriles is 1. The van der Waals surface area contributed by atoms with Crippen LogP contribution in [0.3, 0.4) is 0 Å². The van der Waals surface area contributed by atoms with Crippen LogP contribution in [0.1, 0.15) is 44.6 Å². The Morgan fingerprint density at radius 3 is 2.13 bits per heavy atom. The van der Waals surface area contributed by atoms with Gasteiger partial charge < -0.3 is 15.2 Å². The van der Waals surface area contributed by atoms with Gasteiger partial charge in [-0.05, 0) is 61.7 Å². The molecule has 0 saturated heterocycles. The number of rotatable bonds is 7. The van der Waals surface area contributed by atoms with E-state index in [-0.39, 0.29) is 17.4 Å². The molecule has 0 fully saturated rings. The minimum Gasteiger partial charge on any atom is -0.348 e. The summed E-state index contributed by atoms with van der Waals surface area (Å²) >= 11 is 0. The Hall–Kier alpha value is -3.33. The molecular formula is C24H30N4O2. The maximum Gasteiger partial charge on any atom is 0.266 e. The third kappa shape index (κ3) is 5.84. The Kier molecular flexibility index (Phi) is 7.60. The van der Waals surface area contributed by atoms with Gasteiger partial charge in [0.05, 0.1) is 0 Å². The summed E-state index contributed by atoms with van der Waals surface area (Å²) in [6.45, 7) is 12.9. The lowest BCUT2D eigenvalue weighted by Gasteiger charge is -2.12. The van der Waals surface area contributed by atoms with Crippen LogP contribution in [-0.4, -0.2) is 16.4 Å². The zero-order valence-corrected chi connectivity index (χ0v) is 18.5. The molecule has 2 rings (SSSR count). The van der Waals surface area contributed by atoms with Crippen LogP contribution < -0.4 is 10.6 Å². The molecule has 2 amide bonds. The van der Waals surface area contributed by atoms with Crippen molar-refractivity contribution in [1.29, 1.82) is 5.26 Å². The first-order valence-electron chi connectivity index (χ1n) is 10.1. The summed E-state index contributed by atoms with van der Waals surface area (Å²) in [7, 11) is 0. The van der Waals surface area contributed by atoms with Crippen molar-refractivity contribution in [2.24, 2.45) is 11.8 Å². The Balaban J connectivity index is 2.16. The zero-order valence-electron chi connectivity index (χ0n) is 18.5. The highest BCUT2D eigenvalue weighted by Crippen LogP contribution is 2.21. The van der Waals surface area contributed by atoms with Gasteiger partial charge in [0.1, 0.15) is 11.6 Å². The fraction of sp³-hybridized carbons (Fsp3) is 0.375. The lowest BCUT2D eigenvalue weighted by atomic mass is 10.1. The summed E-state index contributed by atoms with van der Waals surface area (Å²) in [6, 6.07) is 10.8. The van der Waals surface area contributed by atoms with Gasteiger partial charge in [-0.3, -0.25) is 9.59 Å². The summed E-state index contributed by atoms with van der Waals surface area (Å²) in [5, 5.41) is 15.0. The van der Waals surface area contributed by atoms with Gasteiger partial charge in [0.2, 0.25) is 5.91 Å². The van der Waals surface area contributed by atoms with Gasteiger partial charge in [-0.1, -0.05) is 27.7 Å². The number of amides is 2. The molecular weight excluding hydrogens is 376 g/mol. The van der Waals surface area contributed by atoms with E-state index in [0.29, 0.717) is 17.3 Å². The topological polar surface area (TPSA) is 86.9 Å². The molecule has 0 saturated carbocycles. The molecule has 0 atom stereocenters. The van der Waals surface area contributed by atoms with E-state index in [0.717, 1.165) is 23.5 Å². The fourth-order valence-corrected chi connectivity index (χ4v) is 3.05. The third-order valence-corrected chi connectivity index (χ3v) is 4.76. The lowest BCUT2D eigenvalue weighted by Crippen LogP contribution is -2.17. The molecule has 1 aromatic heterocycles. The lowest BCUT2D eigenvalue weighted by molar-refractivity contribution is -0.119. The molecule has 0 bridgehead atoms. The molecule has 158 valence electrons. The average molecular weight is 407 g/mol. The zero-order chi connectivity index (χ0) is 22.4. The molecule has 1 aromatic carbocycles. The number of hydrogen-bond donors (Lipinski definition) is 2. The van der Waals surface area contributed by atoms with Gasteiger partial charge in [-0.15, -0.1) is 0 Å². The molecule has 6 nitrogen and oxygen atoms in total. The second kappa shape index (κ2) is 9.93. The number of nitrogens with zero attached hydrogens (tertiary/aromatic N) is 2. The quantitative estimate of drug-likeness (QED) is 0.506. The molecule has 1 heterocycles. The molecule has 0 unspecified atom stereocenters. The van der Waals surface area contributed by atoms with Crippen LogP contribution >= 0.6 is 0 Å². The highest BCUT2D eigenvalue weighted by molar-refractivity contribution is 6.09. The monoisotopic (exact) mass is 406 g/mol. The first-order chi connectivity index (χ1) is 14.1. The number of carbonyl (C=O) groups is 2. The van der Waals surface area contributed by atoms with Crippen molar-refractivity contribution in [3.8, 4) is 6.07 Å². The first kappa shape index (κ1) is 23.0. The summed E-state index contributed by atoms with van der Waals surface area (Å²) in [5.41, 5.74) is 4.24. The SMILES string of the molecule is Cc1cc(/C=C(\C#N)C(=O)Nc2ccc(NC(=O)C(C)C)cc2)c(C)n1CC(C)C. The van der Waals surface area contributed by atoms with Crippen molar-refractivity contribution in [1.82, 2.24) is 4.57 Å². The van der Waals surface area contributed by atoms with Crippen molar-refractivity contribution < 1.29 is 9.59 Å². The van der Waals surface area contributed by atoms with E-state index in [9.17, 15) is 14.9 Å². The maximum absolute atomic E-state index is 12.6. The Morgan fingerprint density at radius 2 is 1.63 bits per heavy atom. The van der Waals surface area contributed by atoms with E-state index < -0.39 is 5.91 Å². The van der Waals surface area contributed by atoms with Crippen molar-refractivity contribution in [2.75, 3.05) is 10.6 Å². The van der Waals surface area contributed by atoms with Crippen LogP contribution in [0.25, 0.3) is 6.08 Å². The van der Waals surface area contributed by atoms with Crippen molar-refractivity contribution in [2.45, 2.75) is 48.1 Å². The predicted molar refractivity (Wildman–Crippen MR) is 121 cm³/mol.